The fourth-order valence-electron chi connectivity index (χ4n) is 3.15. The molecule has 1 saturated carbocycles. The van der Waals surface area contributed by atoms with Crippen LogP contribution in [-0.4, -0.2) is 22.0 Å². The molecule has 1 heterocycles. The zero-order valence-electron chi connectivity index (χ0n) is 14.8. The Kier molecular flexibility index (Phi) is 5.58. The van der Waals surface area contributed by atoms with Crippen LogP contribution >= 0.6 is 11.3 Å². The number of hydrogen-bond donors (Lipinski definition) is 3. The molecule has 1 aliphatic carbocycles. The quantitative estimate of drug-likeness (QED) is 0.740. The van der Waals surface area contributed by atoms with Gasteiger partial charge in [0.05, 0.1) is 11.3 Å². The fraction of sp³-hybridized carbons (Fsp3) is 0.474. The molecule has 1 aliphatic rings. The van der Waals surface area contributed by atoms with Crippen LogP contribution in [0.25, 0.3) is 0 Å². The third kappa shape index (κ3) is 4.72. The van der Waals surface area contributed by atoms with Gasteiger partial charge >= 0.3 is 0 Å². The predicted molar refractivity (Wildman–Crippen MR) is 103 cm³/mol. The first-order valence-electron chi connectivity index (χ1n) is 8.83. The molecule has 3 N–H and O–H groups in total. The molecule has 1 fully saturated rings. The molecule has 0 unspecified atom stereocenters. The number of carbonyl (C=O) groups excluding carboxylic acids is 1. The maximum absolute atomic E-state index is 12.3. The van der Waals surface area contributed by atoms with Gasteiger partial charge in [-0.2, -0.15) is 4.98 Å². The summed E-state index contributed by atoms with van der Waals surface area (Å²) in [4.78, 5) is 17.1. The summed E-state index contributed by atoms with van der Waals surface area (Å²) >= 11 is 1.37. The molecule has 134 valence electrons. The molecule has 0 saturated heterocycles. The number of aromatic nitrogens is 1. The lowest BCUT2D eigenvalue weighted by Gasteiger charge is -2.22. The molecule has 5 nitrogen and oxygen atoms in total. The number of hydrogen-bond acceptors (Lipinski definition) is 5. The van der Waals surface area contributed by atoms with Gasteiger partial charge in [-0.05, 0) is 43.9 Å². The Morgan fingerprint density at radius 1 is 1.28 bits per heavy atom. The van der Waals surface area contributed by atoms with Crippen LogP contribution in [0.2, 0.25) is 0 Å². The Morgan fingerprint density at radius 2 is 2.04 bits per heavy atom. The van der Waals surface area contributed by atoms with Gasteiger partial charge < -0.3 is 15.7 Å². The number of anilines is 2. The Morgan fingerprint density at radius 3 is 2.80 bits per heavy atom. The molecule has 1 amide bonds. The minimum atomic E-state index is -0.142. The van der Waals surface area contributed by atoms with Crippen molar-refractivity contribution >= 4 is 28.1 Å². The number of thiazole rings is 1. The van der Waals surface area contributed by atoms with Gasteiger partial charge in [0.1, 0.15) is 0 Å². The number of nitrogens with one attached hydrogen (secondary N) is 2. The van der Waals surface area contributed by atoms with Gasteiger partial charge in [0, 0.05) is 11.7 Å². The summed E-state index contributed by atoms with van der Waals surface area (Å²) < 4.78 is 0. The van der Waals surface area contributed by atoms with Crippen LogP contribution in [0.3, 0.4) is 0 Å². The number of aryl methyl sites for hydroxylation is 2. The normalized spacial score (nSPS) is 15.1. The molecular formula is C19H25N3O2S. The number of benzene rings is 1. The minimum absolute atomic E-state index is 0.0422. The largest absolute Gasteiger partial charge is 0.492 e. The van der Waals surface area contributed by atoms with E-state index in [1.165, 1.54) is 30.6 Å². The van der Waals surface area contributed by atoms with Gasteiger partial charge in [-0.1, -0.05) is 42.7 Å². The van der Waals surface area contributed by atoms with Crippen LogP contribution in [-0.2, 0) is 11.2 Å². The second kappa shape index (κ2) is 7.87. The van der Waals surface area contributed by atoms with Crippen molar-refractivity contribution in [3.8, 4) is 5.88 Å². The van der Waals surface area contributed by atoms with E-state index >= 15 is 0 Å². The fourth-order valence-corrected chi connectivity index (χ4v) is 4.08. The summed E-state index contributed by atoms with van der Waals surface area (Å²) in [6.45, 7) is 3.96. The summed E-state index contributed by atoms with van der Waals surface area (Å²) in [5.74, 6) is -0.184. The molecule has 6 heteroatoms. The van der Waals surface area contributed by atoms with Crippen LogP contribution in [0, 0.1) is 13.8 Å². The van der Waals surface area contributed by atoms with Crippen LogP contribution in [0.15, 0.2) is 18.2 Å². The third-order valence-corrected chi connectivity index (χ3v) is 5.57. The van der Waals surface area contributed by atoms with Crippen molar-refractivity contribution < 1.29 is 9.90 Å². The summed E-state index contributed by atoms with van der Waals surface area (Å²) in [6, 6.07) is 6.39. The van der Waals surface area contributed by atoms with E-state index in [1.807, 2.05) is 32.0 Å². The van der Waals surface area contributed by atoms with Crippen LogP contribution in [0.5, 0.6) is 5.88 Å². The van der Waals surface area contributed by atoms with Crippen LogP contribution < -0.4 is 10.6 Å². The highest BCUT2D eigenvalue weighted by atomic mass is 32.1. The van der Waals surface area contributed by atoms with Crippen molar-refractivity contribution in [3.05, 3.63) is 34.2 Å². The van der Waals surface area contributed by atoms with Gasteiger partial charge in [-0.15, -0.1) is 0 Å². The molecule has 25 heavy (non-hydrogen) atoms. The molecule has 0 aliphatic heterocycles. The zero-order valence-corrected chi connectivity index (χ0v) is 15.6. The topological polar surface area (TPSA) is 74.2 Å². The van der Waals surface area contributed by atoms with Crippen molar-refractivity contribution in [1.82, 2.24) is 4.98 Å². The van der Waals surface area contributed by atoms with Crippen molar-refractivity contribution in [2.24, 2.45) is 0 Å². The van der Waals surface area contributed by atoms with E-state index in [2.05, 4.69) is 15.6 Å². The summed E-state index contributed by atoms with van der Waals surface area (Å²) in [7, 11) is 0. The first-order chi connectivity index (χ1) is 12.0. The average molecular weight is 359 g/mol. The summed E-state index contributed by atoms with van der Waals surface area (Å²) in [5, 5.41) is 17.1. The average Bonchev–Trinajstić information content (AvgIpc) is 2.91. The number of amides is 1. The first-order valence-corrected chi connectivity index (χ1v) is 9.65. The van der Waals surface area contributed by atoms with Crippen LogP contribution in [0.4, 0.5) is 10.8 Å². The number of rotatable bonds is 5. The van der Waals surface area contributed by atoms with Crippen molar-refractivity contribution in [3.63, 3.8) is 0 Å². The highest BCUT2D eigenvalue weighted by molar-refractivity contribution is 7.16. The summed E-state index contributed by atoms with van der Waals surface area (Å²) in [5.41, 5.74) is 2.93. The van der Waals surface area contributed by atoms with Crippen molar-refractivity contribution in [2.45, 2.75) is 58.4 Å². The standard InChI is InChI=1S/C19H25N3O2S/c1-12-8-9-13(2)15(10-12)21-17(23)11-16-18(24)22-19(25-16)20-14-6-4-3-5-7-14/h8-10,14,24H,3-7,11H2,1-2H3,(H,20,22)(H,21,23). The molecule has 2 aromatic rings. The lowest BCUT2D eigenvalue weighted by atomic mass is 9.96. The molecule has 1 aromatic carbocycles. The van der Waals surface area contributed by atoms with Crippen LogP contribution in [0.1, 0.15) is 48.1 Å². The maximum atomic E-state index is 12.3. The van der Waals surface area contributed by atoms with Gasteiger partial charge in [-0.25, -0.2) is 0 Å². The number of aromatic hydroxyl groups is 1. The van der Waals surface area contributed by atoms with E-state index < -0.39 is 0 Å². The molecular weight excluding hydrogens is 334 g/mol. The van der Waals surface area contributed by atoms with E-state index in [0.29, 0.717) is 16.1 Å². The lowest BCUT2D eigenvalue weighted by Crippen LogP contribution is -2.21. The molecule has 3 rings (SSSR count). The highest BCUT2D eigenvalue weighted by Crippen LogP contribution is 2.31. The third-order valence-electron chi connectivity index (χ3n) is 4.60. The van der Waals surface area contributed by atoms with E-state index in [1.54, 1.807) is 0 Å². The number of carbonyl (C=O) groups is 1. The Balaban J connectivity index is 1.62. The Bertz CT molecular complexity index is 751. The maximum Gasteiger partial charge on any atom is 0.229 e. The van der Waals surface area contributed by atoms with Gasteiger partial charge in [0.25, 0.3) is 0 Å². The minimum Gasteiger partial charge on any atom is -0.492 e. The summed E-state index contributed by atoms with van der Waals surface area (Å²) in [6.07, 6.45) is 6.18. The lowest BCUT2D eigenvalue weighted by molar-refractivity contribution is -0.115. The van der Waals surface area contributed by atoms with Gasteiger partial charge in [-0.3, -0.25) is 4.79 Å². The predicted octanol–water partition coefficient (Wildman–Crippen LogP) is 4.39. The smallest absolute Gasteiger partial charge is 0.229 e. The second-order valence-electron chi connectivity index (χ2n) is 6.79. The van der Waals surface area contributed by atoms with E-state index in [0.717, 1.165) is 29.7 Å². The van der Waals surface area contributed by atoms with E-state index in [4.69, 9.17) is 0 Å². The zero-order chi connectivity index (χ0) is 17.8. The van der Waals surface area contributed by atoms with E-state index in [-0.39, 0.29) is 18.2 Å². The molecule has 0 bridgehead atoms. The highest BCUT2D eigenvalue weighted by Gasteiger charge is 2.18. The van der Waals surface area contributed by atoms with Crippen molar-refractivity contribution in [1.29, 1.82) is 0 Å². The molecule has 1 aromatic heterocycles. The van der Waals surface area contributed by atoms with Gasteiger partial charge in [0.15, 0.2) is 5.13 Å². The van der Waals surface area contributed by atoms with Gasteiger partial charge in [0.2, 0.25) is 11.8 Å². The Hall–Kier alpha value is -2.08. The van der Waals surface area contributed by atoms with E-state index in [9.17, 15) is 9.90 Å². The molecule has 0 radical (unpaired) electrons. The molecule has 0 spiro atoms. The SMILES string of the molecule is Cc1ccc(C)c(NC(=O)Cc2sc(NC3CCCCC3)nc2O)c1. The Labute approximate surface area is 152 Å². The monoisotopic (exact) mass is 359 g/mol. The van der Waals surface area contributed by atoms with Crippen molar-refractivity contribution in [2.75, 3.05) is 10.6 Å². The number of nitrogens with zero attached hydrogens (tertiary/aromatic N) is 1. The second-order valence-corrected chi connectivity index (χ2v) is 7.87. The first kappa shape index (κ1) is 17.7. The molecule has 0 atom stereocenters.